The Labute approximate surface area is 73.5 Å². The summed E-state index contributed by atoms with van der Waals surface area (Å²) in [6.45, 7) is 1.50. The largest absolute Gasteiger partial charge is 0.355 e. The Balaban J connectivity index is 3.13. The summed E-state index contributed by atoms with van der Waals surface area (Å²) in [6, 6.07) is 2.08. The highest BCUT2D eigenvalue weighted by atomic mass is 16.7. The molecule has 0 unspecified atom stereocenters. The van der Waals surface area contributed by atoms with Crippen LogP contribution in [0.5, 0.6) is 0 Å². The lowest BCUT2D eigenvalue weighted by Crippen LogP contribution is -2.30. The molecule has 4 nitrogen and oxygen atoms in total. The number of unbranched alkanes of at least 4 members (excludes halogenated alkanes) is 1. The molecule has 0 bridgehead atoms. The summed E-state index contributed by atoms with van der Waals surface area (Å²) < 4.78 is 9.91. The second kappa shape index (κ2) is 8.47. The molecule has 0 fully saturated rings. The Hall–Kier alpha value is -0.630. The van der Waals surface area contributed by atoms with E-state index in [0.717, 1.165) is 13.0 Å². The Morgan fingerprint density at radius 1 is 1.42 bits per heavy atom. The molecule has 0 aliphatic heterocycles. The van der Waals surface area contributed by atoms with E-state index in [0.29, 0.717) is 13.0 Å². The van der Waals surface area contributed by atoms with Crippen molar-refractivity contribution in [1.82, 2.24) is 5.32 Å². The van der Waals surface area contributed by atoms with Crippen molar-refractivity contribution in [1.29, 1.82) is 5.26 Å². The van der Waals surface area contributed by atoms with E-state index in [1.165, 1.54) is 0 Å². The van der Waals surface area contributed by atoms with Crippen LogP contribution in [0.25, 0.3) is 0 Å². The number of nitrogens with zero attached hydrogens (tertiary/aromatic N) is 1. The fourth-order valence-electron chi connectivity index (χ4n) is 0.775. The Morgan fingerprint density at radius 3 is 2.58 bits per heavy atom. The molecule has 0 aliphatic carbocycles. The van der Waals surface area contributed by atoms with Gasteiger partial charge in [0.25, 0.3) is 0 Å². The van der Waals surface area contributed by atoms with E-state index in [1.807, 2.05) is 0 Å². The van der Waals surface area contributed by atoms with Gasteiger partial charge in [-0.25, -0.2) is 0 Å². The Bertz CT molecular complexity index is 130. The summed E-state index contributed by atoms with van der Waals surface area (Å²) in [4.78, 5) is 0. The van der Waals surface area contributed by atoms with Crippen LogP contribution < -0.4 is 5.32 Å². The first kappa shape index (κ1) is 11.4. The molecule has 0 aliphatic rings. The van der Waals surface area contributed by atoms with Gasteiger partial charge in [-0.15, -0.1) is 0 Å². The van der Waals surface area contributed by atoms with Gasteiger partial charge in [-0.3, -0.25) is 0 Å². The topological polar surface area (TPSA) is 54.3 Å². The molecule has 0 rings (SSSR count). The molecule has 4 heteroatoms. The molecular formula is C8H16N2O2. The number of hydrogen-bond donors (Lipinski definition) is 1. The zero-order valence-corrected chi connectivity index (χ0v) is 7.67. The first-order valence-corrected chi connectivity index (χ1v) is 3.98. The van der Waals surface area contributed by atoms with Crippen molar-refractivity contribution in [2.75, 3.05) is 27.3 Å². The minimum absolute atomic E-state index is 0.188. The molecule has 0 radical (unpaired) electrons. The van der Waals surface area contributed by atoms with Gasteiger partial charge in [0.15, 0.2) is 6.29 Å². The predicted molar refractivity (Wildman–Crippen MR) is 45.5 cm³/mol. The maximum absolute atomic E-state index is 8.24. The second-order valence-electron chi connectivity index (χ2n) is 2.37. The minimum Gasteiger partial charge on any atom is -0.355 e. The highest BCUT2D eigenvalue weighted by molar-refractivity contribution is 4.68. The summed E-state index contributed by atoms with van der Waals surface area (Å²) in [5.41, 5.74) is 0. The third kappa shape index (κ3) is 6.10. The first-order valence-electron chi connectivity index (χ1n) is 3.98. The quantitative estimate of drug-likeness (QED) is 0.449. The Morgan fingerprint density at radius 2 is 2.08 bits per heavy atom. The highest BCUT2D eigenvalue weighted by Crippen LogP contribution is 1.88. The Kier molecular flexibility index (Phi) is 8.02. The van der Waals surface area contributed by atoms with Gasteiger partial charge < -0.3 is 14.8 Å². The highest BCUT2D eigenvalue weighted by Gasteiger charge is 2.02. The molecular weight excluding hydrogens is 156 g/mol. The molecule has 0 aromatic carbocycles. The summed E-state index contributed by atoms with van der Waals surface area (Å²) in [7, 11) is 3.20. The van der Waals surface area contributed by atoms with E-state index in [-0.39, 0.29) is 6.29 Å². The van der Waals surface area contributed by atoms with E-state index >= 15 is 0 Å². The number of methoxy groups -OCH3 is 2. The minimum atomic E-state index is -0.188. The lowest BCUT2D eigenvalue weighted by atomic mass is 10.3. The molecule has 0 saturated carbocycles. The van der Waals surface area contributed by atoms with Crippen molar-refractivity contribution in [3.63, 3.8) is 0 Å². The number of nitrogens with one attached hydrogen (secondary N) is 1. The van der Waals surface area contributed by atoms with Crippen molar-refractivity contribution < 1.29 is 9.47 Å². The summed E-state index contributed by atoms with van der Waals surface area (Å²) >= 11 is 0. The van der Waals surface area contributed by atoms with Crippen LogP contribution in [-0.2, 0) is 9.47 Å². The molecule has 12 heavy (non-hydrogen) atoms. The van der Waals surface area contributed by atoms with Crippen molar-refractivity contribution in [2.45, 2.75) is 19.1 Å². The van der Waals surface area contributed by atoms with Gasteiger partial charge in [-0.1, -0.05) is 0 Å². The summed E-state index contributed by atoms with van der Waals surface area (Å²) in [6.07, 6.45) is 1.28. The van der Waals surface area contributed by atoms with Crippen LogP contribution in [-0.4, -0.2) is 33.6 Å². The van der Waals surface area contributed by atoms with Gasteiger partial charge in [-0.2, -0.15) is 5.26 Å². The lowest BCUT2D eigenvalue weighted by molar-refractivity contribution is -0.0986. The van der Waals surface area contributed by atoms with Crippen molar-refractivity contribution in [2.24, 2.45) is 0 Å². The maximum Gasteiger partial charge on any atom is 0.169 e. The fraction of sp³-hybridized carbons (Fsp3) is 0.875. The van der Waals surface area contributed by atoms with Crippen LogP contribution in [0, 0.1) is 11.3 Å². The van der Waals surface area contributed by atoms with Crippen LogP contribution in [0.3, 0.4) is 0 Å². The monoisotopic (exact) mass is 172 g/mol. The van der Waals surface area contributed by atoms with Crippen LogP contribution >= 0.6 is 0 Å². The number of hydrogen-bond acceptors (Lipinski definition) is 4. The first-order chi connectivity index (χ1) is 5.85. The zero-order chi connectivity index (χ0) is 9.23. The van der Waals surface area contributed by atoms with Crippen LogP contribution in [0.15, 0.2) is 0 Å². The zero-order valence-electron chi connectivity index (χ0n) is 7.67. The smallest absolute Gasteiger partial charge is 0.169 e. The van der Waals surface area contributed by atoms with E-state index in [2.05, 4.69) is 11.4 Å². The van der Waals surface area contributed by atoms with Crippen LogP contribution in [0.2, 0.25) is 0 Å². The van der Waals surface area contributed by atoms with Gasteiger partial charge in [0.05, 0.1) is 6.07 Å². The van der Waals surface area contributed by atoms with Crippen molar-refractivity contribution >= 4 is 0 Å². The third-order valence-corrected chi connectivity index (χ3v) is 1.48. The number of rotatable bonds is 7. The number of nitriles is 1. The van der Waals surface area contributed by atoms with Gasteiger partial charge in [0, 0.05) is 27.2 Å². The van der Waals surface area contributed by atoms with Gasteiger partial charge in [0.1, 0.15) is 0 Å². The fourth-order valence-corrected chi connectivity index (χ4v) is 0.775. The molecule has 70 valence electrons. The molecule has 1 N–H and O–H groups in total. The van der Waals surface area contributed by atoms with Gasteiger partial charge in [0.2, 0.25) is 0 Å². The van der Waals surface area contributed by atoms with Crippen LogP contribution in [0.4, 0.5) is 0 Å². The maximum atomic E-state index is 8.24. The molecule has 0 atom stereocenters. The predicted octanol–water partition coefficient (Wildman–Crippen LogP) is 0.499. The third-order valence-electron chi connectivity index (χ3n) is 1.48. The van der Waals surface area contributed by atoms with Gasteiger partial charge >= 0.3 is 0 Å². The van der Waals surface area contributed by atoms with E-state index < -0.39 is 0 Å². The second-order valence-corrected chi connectivity index (χ2v) is 2.37. The van der Waals surface area contributed by atoms with Crippen LogP contribution in [0.1, 0.15) is 12.8 Å². The van der Waals surface area contributed by atoms with E-state index in [9.17, 15) is 0 Å². The molecule has 0 aromatic heterocycles. The summed E-state index contributed by atoms with van der Waals surface area (Å²) in [5.74, 6) is 0. The molecule has 0 amide bonds. The lowest BCUT2D eigenvalue weighted by Gasteiger charge is -2.13. The average Bonchev–Trinajstić information content (AvgIpc) is 2.11. The standard InChI is InChI=1S/C8H16N2O2/c1-11-8(12-2)7-10-6-4-3-5-9/h8,10H,3-4,6-7H2,1-2H3. The van der Waals surface area contributed by atoms with E-state index in [4.69, 9.17) is 14.7 Å². The van der Waals surface area contributed by atoms with Crippen molar-refractivity contribution in [3.8, 4) is 6.07 Å². The van der Waals surface area contributed by atoms with Crippen molar-refractivity contribution in [3.05, 3.63) is 0 Å². The molecule has 0 aromatic rings. The van der Waals surface area contributed by atoms with E-state index in [1.54, 1.807) is 14.2 Å². The molecule has 0 saturated heterocycles. The molecule has 0 heterocycles. The van der Waals surface area contributed by atoms with Gasteiger partial charge in [-0.05, 0) is 13.0 Å². The summed E-state index contributed by atoms with van der Waals surface area (Å²) in [5, 5.41) is 11.4. The molecule has 0 spiro atoms. The SMILES string of the molecule is COC(CNCCCC#N)OC. The number of ether oxygens (including phenoxy) is 2. The normalized spacial score (nSPS) is 10.2. The average molecular weight is 172 g/mol.